The van der Waals surface area contributed by atoms with E-state index in [4.69, 9.17) is 10.2 Å². The van der Waals surface area contributed by atoms with Crippen molar-refractivity contribution < 1.29 is 13.5 Å². The lowest BCUT2D eigenvalue weighted by molar-refractivity contribution is 0.303. The van der Waals surface area contributed by atoms with E-state index in [1.807, 2.05) is 0 Å². The van der Waals surface area contributed by atoms with Gasteiger partial charge in [0.25, 0.3) is 0 Å². The molecule has 0 bridgehead atoms. The van der Waals surface area contributed by atoms with Crippen molar-refractivity contribution in [3.05, 3.63) is 18.3 Å². The maximum atomic E-state index is 11.2. The molecule has 0 amide bonds. The van der Waals surface area contributed by atoms with Crippen molar-refractivity contribution in [2.45, 2.75) is 4.90 Å². The maximum Gasteiger partial charge on any atom is 0.241 e. The standard InChI is InChI=1S/C8H13N3O3S/c1-11(5-6-12)8-7(15(9,13)14)3-2-4-10-8/h2-4,12H,5-6H2,1H3,(H2,9,13,14). The summed E-state index contributed by atoms with van der Waals surface area (Å²) >= 11 is 0. The average molecular weight is 231 g/mol. The molecule has 1 rings (SSSR count). The molecule has 0 aliphatic heterocycles. The van der Waals surface area contributed by atoms with Crippen molar-refractivity contribution >= 4 is 15.8 Å². The molecule has 7 heteroatoms. The number of aliphatic hydroxyl groups excluding tert-OH is 1. The Labute approximate surface area is 88.4 Å². The van der Waals surface area contributed by atoms with Gasteiger partial charge in [0.1, 0.15) is 10.7 Å². The van der Waals surface area contributed by atoms with E-state index in [1.165, 1.54) is 23.2 Å². The molecule has 0 aromatic carbocycles. The first-order chi connectivity index (χ1) is 6.96. The Morgan fingerprint density at radius 2 is 2.27 bits per heavy atom. The summed E-state index contributed by atoms with van der Waals surface area (Å²) in [6, 6.07) is 2.88. The normalized spacial score (nSPS) is 11.4. The second-order valence-corrected chi connectivity index (χ2v) is 4.55. The molecule has 0 radical (unpaired) electrons. The van der Waals surface area contributed by atoms with Gasteiger partial charge >= 0.3 is 0 Å². The molecule has 0 unspecified atom stereocenters. The van der Waals surface area contributed by atoms with Crippen LogP contribution in [-0.2, 0) is 10.0 Å². The second kappa shape index (κ2) is 4.56. The van der Waals surface area contributed by atoms with Gasteiger partial charge in [-0.15, -0.1) is 0 Å². The van der Waals surface area contributed by atoms with Crippen LogP contribution in [0.25, 0.3) is 0 Å². The van der Waals surface area contributed by atoms with Gasteiger partial charge < -0.3 is 10.0 Å². The smallest absolute Gasteiger partial charge is 0.241 e. The predicted octanol–water partition coefficient (Wildman–Crippen LogP) is -0.843. The second-order valence-electron chi connectivity index (χ2n) is 3.02. The van der Waals surface area contributed by atoms with Crippen molar-refractivity contribution in [3.8, 4) is 0 Å². The number of aliphatic hydroxyl groups is 1. The summed E-state index contributed by atoms with van der Waals surface area (Å²) < 4.78 is 22.4. The van der Waals surface area contributed by atoms with Gasteiger partial charge in [-0.1, -0.05) is 0 Å². The van der Waals surface area contributed by atoms with Crippen LogP contribution in [-0.4, -0.2) is 38.7 Å². The number of anilines is 1. The third-order valence-electron chi connectivity index (χ3n) is 1.85. The van der Waals surface area contributed by atoms with Crippen LogP contribution in [0.1, 0.15) is 0 Å². The molecule has 0 spiro atoms. The van der Waals surface area contributed by atoms with Crippen LogP contribution in [0.4, 0.5) is 5.82 Å². The van der Waals surface area contributed by atoms with Crippen molar-refractivity contribution in [1.29, 1.82) is 0 Å². The molecule has 0 aliphatic carbocycles. The van der Waals surface area contributed by atoms with E-state index in [1.54, 1.807) is 7.05 Å². The van der Waals surface area contributed by atoms with Gasteiger partial charge in [-0.05, 0) is 12.1 Å². The van der Waals surface area contributed by atoms with E-state index in [0.29, 0.717) is 6.54 Å². The van der Waals surface area contributed by atoms with Crippen molar-refractivity contribution in [2.24, 2.45) is 5.14 Å². The Balaban J connectivity index is 3.18. The maximum absolute atomic E-state index is 11.2. The third kappa shape index (κ3) is 2.88. The zero-order valence-electron chi connectivity index (χ0n) is 8.29. The molecular weight excluding hydrogens is 218 g/mol. The van der Waals surface area contributed by atoms with Crippen LogP contribution in [0.3, 0.4) is 0 Å². The Morgan fingerprint density at radius 1 is 1.60 bits per heavy atom. The number of likely N-dealkylation sites (N-methyl/N-ethyl adjacent to an activating group) is 1. The number of hydrogen-bond acceptors (Lipinski definition) is 5. The molecule has 0 atom stereocenters. The van der Waals surface area contributed by atoms with E-state index in [2.05, 4.69) is 4.98 Å². The first kappa shape index (κ1) is 11.9. The Morgan fingerprint density at radius 3 is 2.80 bits per heavy atom. The molecule has 0 saturated carbocycles. The Hall–Kier alpha value is -1.18. The van der Waals surface area contributed by atoms with E-state index in [0.717, 1.165) is 0 Å². The minimum absolute atomic E-state index is 0.0408. The molecule has 0 saturated heterocycles. The minimum Gasteiger partial charge on any atom is -0.395 e. The van der Waals surface area contributed by atoms with Gasteiger partial charge in [0.15, 0.2) is 0 Å². The van der Waals surface area contributed by atoms with Crippen molar-refractivity contribution in [1.82, 2.24) is 4.98 Å². The number of aromatic nitrogens is 1. The quantitative estimate of drug-likeness (QED) is 0.704. The Kier molecular flexibility index (Phi) is 3.61. The first-order valence-corrected chi connectivity index (χ1v) is 5.81. The van der Waals surface area contributed by atoms with E-state index in [-0.39, 0.29) is 17.3 Å². The van der Waals surface area contributed by atoms with E-state index in [9.17, 15) is 8.42 Å². The lowest BCUT2D eigenvalue weighted by Gasteiger charge is -2.18. The molecule has 15 heavy (non-hydrogen) atoms. The summed E-state index contributed by atoms with van der Waals surface area (Å²) in [6.07, 6.45) is 1.47. The Bertz CT molecular complexity index is 433. The topological polar surface area (TPSA) is 96.5 Å². The van der Waals surface area contributed by atoms with Crippen molar-refractivity contribution in [2.75, 3.05) is 25.1 Å². The predicted molar refractivity (Wildman–Crippen MR) is 56.0 cm³/mol. The number of pyridine rings is 1. The number of nitrogens with two attached hydrogens (primary N) is 1. The summed E-state index contributed by atoms with van der Waals surface area (Å²) in [4.78, 5) is 5.41. The molecule has 1 aromatic rings. The van der Waals surface area contributed by atoms with E-state index < -0.39 is 10.0 Å². The van der Waals surface area contributed by atoms with Gasteiger partial charge in [-0.25, -0.2) is 18.5 Å². The van der Waals surface area contributed by atoms with Gasteiger partial charge in [0.2, 0.25) is 10.0 Å². The highest BCUT2D eigenvalue weighted by molar-refractivity contribution is 7.89. The van der Waals surface area contributed by atoms with E-state index >= 15 is 0 Å². The lowest BCUT2D eigenvalue weighted by Crippen LogP contribution is -2.25. The summed E-state index contributed by atoms with van der Waals surface area (Å²) in [6.45, 7) is 0.205. The zero-order chi connectivity index (χ0) is 11.5. The number of hydrogen-bond donors (Lipinski definition) is 2. The molecule has 3 N–H and O–H groups in total. The van der Waals surface area contributed by atoms with Crippen LogP contribution >= 0.6 is 0 Å². The number of sulfonamides is 1. The third-order valence-corrected chi connectivity index (χ3v) is 2.79. The highest BCUT2D eigenvalue weighted by Crippen LogP contribution is 2.19. The van der Waals surface area contributed by atoms with Crippen LogP contribution in [0.5, 0.6) is 0 Å². The zero-order valence-corrected chi connectivity index (χ0v) is 9.11. The minimum atomic E-state index is -3.78. The lowest BCUT2D eigenvalue weighted by atomic mass is 10.4. The summed E-state index contributed by atoms with van der Waals surface area (Å²) in [7, 11) is -2.15. The summed E-state index contributed by atoms with van der Waals surface area (Å²) in [5, 5.41) is 13.8. The van der Waals surface area contributed by atoms with Gasteiger partial charge in [0, 0.05) is 19.8 Å². The molecule has 1 heterocycles. The molecule has 1 aromatic heterocycles. The summed E-state index contributed by atoms with van der Waals surface area (Å²) in [5.41, 5.74) is 0. The molecule has 0 aliphatic rings. The number of rotatable bonds is 4. The average Bonchev–Trinajstić information content (AvgIpc) is 2.17. The fourth-order valence-electron chi connectivity index (χ4n) is 1.15. The van der Waals surface area contributed by atoms with Crippen molar-refractivity contribution in [3.63, 3.8) is 0 Å². The monoisotopic (exact) mass is 231 g/mol. The first-order valence-electron chi connectivity index (χ1n) is 4.26. The van der Waals surface area contributed by atoms with Crippen LogP contribution in [0.2, 0.25) is 0 Å². The molecule has 84 valence electrons. The van der Waals surface area contributed by atoms with Crippen LogP contribution < -0.4 is 10.0 Å². The largest absolute Gasteiger partial charge is 0.395 e. The number of nitrogens with zero attached hydrogens (tertiary/aromatic N) is 2. The van der Waals surface area contributed by atoms with Gasteiger partial charge in [-0.3, -0.25) is 0 Å². The highest BCUT2D eigenvalue weighted by Gasteiger charge is 2.16. The van der Waals surface area contributed by atoms with Crippen LogP contribution in [0.15, 0.2) is 23.2 Å². The molecule has 6 nitrogen and oxygen atoms in total. The fourth-order valence-corrected chi connectivity index (χ4v) is 1.88. The van der Waals surface area contributed by atoms with Gasteiger partial charge in [0.05, 0.1) is 6.61 Å². The molecule has 0 fully saturated rings. The molecular formula is C8H13N3O3S. The summed E-state index contributed by atoms with van der Waals surface area (Å²) in [5.74, 6) is 0.244. The number of primary sulfonamides is 1. The highest BCUT2D eigenvalue weighted by atomic mass is 32.2. The van der Waals surface area contributed by atoms with Gasteiger partial charge in [-0.2, -0.15) is 0 Å². The van der Waals surface area contributed by atoms with Crippen LogP contribution in [0, 0.1) is 0 Å². The fraction of sp³-hybridized carbons (Fsp3) is 0.375. The SMILES string of the molecule is CN(CCO)c1ncccc1S(N)(=O)=O.